The molecule has 0 aliphatic carbocycles. The Balaban J connectivity index is 0.000000171. The predicted octanol–water partition coefficient (Wildman–Crippen LogP) is 7.87. The van der Waals surface area contributed by atoms with Crippen molar-refractivity contribution in [2.45, 2.75) is 16.2 Å². The fourth-order valence-corrected chi connectivity index (χ4v) is 5.94. The molecule has 0 spiro atoms. The summed E-state index contributed by atoms with van der Waals surface area (Å²) in [4.78, 5) is 37.9. The lowest BCUT2D eigenvalue weighted by atomic mass is 10.0. The standard InChI is InChI=1S/C17H19ClN2S.C16H13N3O3/c1-19(2)10-5-11-20-14-6-3-4-7-16(14)21-17-9-8-13(18)12-15(17)20;1-22-16(21)19-15-17-12-8-7-11(9-13(12)18-15)14(20)10-5-3-2-4-6-10/h3-4,6-9,12H,5,10-11H2,1-2H3;2-9H,1H3,(H2,17,18,19,21). The van der Waals surface area contributed by atoms with Crippen molar-refractivity contribution in [3.63, 3.8) is 0 Å². The Morgan fingerprint density at radius 2 is 1.67 bits per heavy atom. The molecule has 2 heterocycles. The lowest BCUT2D eigenvalue weighted by Gasteiger charge is -2.33. The number of nitrogens with one attached hydrogen (secondary N) is 2. The molecule has 0 unspecified atom stereocenters. The molecule has 1 aliphatic heterocycles. The number of amides is 1. The van der Waals surface area contributed by atoms with Gasteiger partial charge in [0.2, 0.25) is 5.95 Å². The Morgan fingerprint density at radius 1 is 0.930 bits per heavy atom. The molecule has 0 atom stereocenters. The summed E-state index contributed by atoms with van der Waals surface area (Å²) in [5.74, 6) is 0.200. The number of halogens is 1. The molecule has 8 nitrogen and oxygen atoms in total. The van der Waals surface area contributed by atoms with Crippen molar-refractivity contribution in [2.75, 3.05) is 44.5 Å². The second-order valence-corrected chi connectivity index (χ2v) is 11.6. The van der Waals surface area contributed by atoms with Crippen LogP contribution < -0.4 is 10.2 Å². The minimum absolute atomic E-state index is 0.0698. The average Bonchev–Trinajstić information content (AvgIpc) is 3.42. The number of nitrogens with zero attached hydrogens (tertiary/aromatic N) is 3. The summed E-state index contributed by atoms with van der Waals surface area (Å²) in [5.41, 5.74) is 4.99. The molecule has 1 aromatic heterocycles. The van der Waals surface area contributed by atoms with Crippen LogP contribution in [0.5, 0.6) is 0 Å². The van der Waals surface area contributed by atoms with E-state index in [9.17, 15) is 9.59 Å². The Labute approximate surface area is 260 Å². The van der Waals surface area contributed by atoms with E-state index >= 15 is 0 Å². The van der Waals surface area contributed by atoms with Gasteiger partial charge in [-0.3, -0.25) is 10.1 Å². The molecule has 6 rings (SSSR count). The van der Waals surface area contributed by atoms with Gasteiger partial charge in [-0.05, 0) is 75.6 Å². The maximum atomic E-state index is 12.4. The van der Waals surface area contributed by atoms with Crippen LogP contribution in [-0.2, 0) is 4.74 Å². The van der Waals surface area contributed by atoms with E-state index in [4.69, 9.17) is 11.6 Å². The summed E-state index contributed by atoms with van der Waals surface area (Å²) >= 11 is 8.03. The van der Waals surface area contributed by atoms with E-state index in [0.717, 1.165) is 24.5 Å². The summed E-state index contributed by atoms with van der Waals surface area (Å²) in [5, 5.41) is 3.25. The van der Waals surface area contributed by atoms with Crippen LogP contribution in [0.15, 0.2) is 101 Å². The first-order valence-electron chi connectivity index (χ1n) is 13.8. The van der Waals surface area contributed by atoms with E-state index in [1.807, 2.05) is 36.0 Å². The number of benzene rings is 4. The first kappa shape index (κ1) is 30.2. The summed E-state index contributed by atoms with van der Waals surface area (Å²) in [7, 11) is 5.50. The number of hydrogen-bond donors (Lipinski definition) is 2. The number of methoxy groups -OCH3 is 1. The zero-order valence-corrected chi connectivity index (χ0v) is 25.7. The van der Waals surface area contributed by atoms with E-state index < -0.39 is 6.09 Å². The third kappa shape index (κ3) is 7.37. The van der Waals surface area contributed by atoms with Crippen molar-refractivity contribution in [3.8, 4) is 0 Å². The number of imidazole rings is 1. The van der Waals surface area contributed by atoms with Crippen molar-refractivity contribution in [3.05, 3.63) is 107 Å². The Kier molecular flexibility index (Phi) is 9.66. The molecule has 0 fully saturated rings. The molecule has 220 valence electrons. The minimum atomic E-state index is -0.611. The maximum Gasteiger partial charge on any atom is 0.413 e. The van der Waals surface area contributed by atoms with Gasteiger partial charge in [0.25, 0.3) is 0 Å². The number of rotatable bonds is 7. The molecule has 0 saturated carbocycles. The fourth-order valence-electron chi connectivity index (χ4n) is 4.70. The molecular weight excluding hydrogens is 582 g/mol. The lowest BCUT2D eigenvalue weighted by Crippen LogP contribution is -2.25. The number of aromatic nitrogens is 2. The van der Waals surface area contributed by atoms with Gasteiger partial charge in [0.05, 0.1) is 29.5 Å². The zero-order chi connectivity index (χ0) is 30.3. The minimum Gasteiger partial charge on any atom is -0.453 e. The lowest BCUT2D eigenvalue weighted by molar-refractivity contribution is 0.103. The second kappa shape index (κ2) is 13.8. The van der Waals surface area contributed by atoms with Crippen molar-refractivity contribution >= 4 is 63.6 Å². The van der Waals surface area contributed by atoms with Gasteiger partial charge in [-0.1, -0.05) is 65.8 Å². The average molecular weight is 614 g/mol. The van der Waals surface area contributed by atoms with E-state index in [1.54, 1.807) is 30.3 Å². The zero-order valence-electron chi connectivity index (χ0n) is 24.1. The summed E-state index contributed by atoms with van der Waals surface area (Å²) in [6, 6.07) is 28.9. The number of ether oxygens (including phenoxy) is 1. The van der Waals surface area contributed by atoms with Gasteiger partial charge < -0.3 is 19.5 Å². The monoisotopic (exact) mass is 613 g/mol. The van der Waals surface area contributed by atoms with Crippen molar-refractivity contribution in [1.29, 1.82) is 0 Å². The van der Waals surface area contributed by atoms with Gasteiger partial charge in [-0.15, -0.1) is 0 Å². The van der Waals surface area contributed by atoms with Crippen LogP contribution in [0.2, 0.25) is 5.02 Å². The van der Waals surface area contributed by atoms with Gasteiger partial charge in [-0.2, -0.15) is 0 Å². The molecule has 1 amide bonds. The normalized spacial score (nSPS) is 11.8. The highest BCUT2D eigenvalue weighted by atomic mass is 35.5. The molecule has 0 bridgehead atoms. The van der Waals surface area contributed by atoms with E-state index in [2.05, 4.69) is 80.3 Å². The topological polar surface area (TPSA) is 90.6 Å². The predicted molar refractivity (Wildman–Crippen MR) is 174 cm³/mol. The molecule has 4 aromatic carbocycles. The molecule has 10 heteroatoms. The Hall–Kier alpha value is -4.31. The number of carbonyl (C=O) groups is 2. The summed E-state index contributed by atoms with van der Waals surface area (Å²) in [6.45, 7) is 2.09. The largest absolute Gasteiger partial charge is 0.453 e. The highest BCUT2D eigenvalue weighted by Crippen LogP contribution is 2.48. The first-order valence-corrected chi connectivity index (χ1v) is 14.9. The number of carbonyl (C=O) groups excluding carboxylic acids is 2. The number of H-pyrrole nitrogens is 1. The summed E-state index contributed by atoms with van der Waals surface area (Å²) in [6.07, 6.45) is 0.512. The first-order chi connectivity index (χ1) is 20.8. The second-order valence-electron chi connectivity index (χ2n) is 10.1. The number of para-hydroxylation sites is 1. The van der Waals surface area contributed by atoms with Crippen LogP contribution in [0.3, 0.4) is 0 Å². The highest BCUT2D eigenvalue weighted by Gasteiger charge is 2.23. The number of fused-ring (bicyclic) bond motifs is 3. The quantitative estimate of drug-likeness (QED) is 0.181. The molecule has 0 saturated heterocycles. The van der Waals surface area contributed by atoms with Crippen LogP contribution in [0, 0.1) is 0 Å². The smallest absolute Gasteiger partial charge is 0.413 e. The number of hydrogen-bond acceptors (Lipinski definition) is 7. The van der Waals surface area contributed by atoms with Crippen LogP contribution in [0.25, 0.3) is 11.0 Å². The van der Waals surface area contributed by atoms with E-state index in [0.29, 0.717) is 22.2 Å². The van der Waals surface area contributed by atoms with Gasteiger partial charge in [0.15, 0.2) is 5.78 Å². The molecule has 5 aromatic rings. The molecular formula is C33H32ClN5O3S. The van der Waals surface area contributed by atoms with Crippen LogP contribution in [-0.4, -0.2) is 61.0 Å². The van der Waals surface area contributed by atoms with Crippen molar-refractivity contribution in [1.82, 2.24) is 14.9 Å². The van der Waals surface area contributed by atoms with Gasteiger partial charge >= 0.3 is 6.09 Å². The number of anilines is 3. The number of aromatic amines is 1. The highest BCUT2D eigenvalue weighted by molar-refractivity contribution is 7.99. The van der Waals surface area contributed by atoms with Gasteiger partial charge in [-0.25, -0.2) is 9.78 Å². The fraction of sp³-hybridized carbons (Fsp3) is 0.182. The van der Waals surface area contributed by atoms with Crippen molar-refractivity contribution in [2.24, 2.45) is 0 Å². The van der Waals surface area contributed by atoms with Crippen LogP contribution in [0.4, 0.5) is 22.1 Å². The molecule has 2 N–H and O–H groups in total. The molecule has 0 radical (unpaired) electrons. The molecule has 43 heavy (non-hydrogen) atoms. The third-order valence-electron chi connectivity index (χ3n) is 6.76. The Morgan fingerprint density at radius 3 is 2.44 bits per heavy atom. The van der Waals surface area contributed by atoms with E-state index in [1.165, 1.54) is 28.3 Å². The molecule has 1 aliphatic rings. The van der Waals surface area contributed by atoms with Crippen LogP contribution >= 0.6 is 23.4 Å². The van der Waals surface area contributed by atoms with Gasteiger partial charge in [0, 0.05) is 32.5 Å². The van der Waals surface area contributed by atoms with E-state index in [-0.39, 0.29) is 11.7 Å². The van der Waals surface area contributed by atoms with Crippen LogP contribution in [0.1, 0.15) is 22.3 Å². The maximum absolute atomic E-state index is 12.4. The number of ketones is 1. The van der Waals surface area contributed by atoms with Crippen molar-refractivity contribution < 1.29 is 14.3 Å². The van der Waals surface area contributed by atoms with Gasteiger partial charge in [0.1, 0.15) is 0 Å². The summed E-state index contributed by atoms with van der Waals surface area (Å²) < 4.78 is 4.51. The SMILES string of the molecule is CN(C)CCCN1c2ccccc2Sc2ccc(Cl)cc21.COC(=O)Nc1nc2ccc(C(=O)c3ccccc3)cc2[nH]1. The Bertz CT molecular complexity index is 1740. The third-order valence-corrected chi connectivity index (χ3v) is 8.13.